The molecule has 8 nitrogen and oxygen atoms in total. The fourth-order valence-electron chi connectivity index (χ4n) is 3.78. The van der Waals surface area contributed by atoms with Gasteiger partial charge in [0, 0.05) is 25.2 Å². The molecular formula is C19H14F3N5O3. The number of nitrogens with two attached hydrogens (primary N) is 1. The van der Waals surface area contributed by atoms with Crippen LogP contribution in [0.1, 0.15) is 6.42 Å². The number of aromatic nitrogens is 3. The number of fused-ring (bicyclic) bond motifs is 2. The van der Waals surface area contributed by atoms with Gasteiger partial charge in [-0.2, -0.15) is 5.16 Å². The standard InChI is InChI=1S/C19H14F3N5O3/c20-8-1-2-13(11(21)5-8)27-16-10(15(28)14-18(29)25-30-19(14)27)6-12(22)17(24-16)26-4-3-9(23)7-26/h1-2,5-6,9H,3-4,7,23H2,(H,25,29). The molecule has 1 aromatic carbocycles. The summed E-state index contributed by atoms with van der Waals surface area (Å²) in [5, 5.41) is 1.35. The number of halogens is 3. The van der Waals surface area contributed by atoms with Crippen LogP contribution in [0, 0.1) is 17.5 Å². The van der Waals surface area contributed by atoms with Crippen LogP contribution in [0.5, 0.6) is 0 Å². The topological polar surface area (TPSA) is 110 Å². The third-order valence-corrected chi connectivity index (χ3v) is 5.18. The van der Waals surface area contributed by atoms with Crippen LogP contribution in [0.4, 0.5) is 19.0 Å². The van der Waals surface area contributed by atoms with Gasteiger partial charge in [-0.1, -0.05) is 0 Å². The molecule has 4 heterocycles. The van der Waals surface area contributed by atoms with E-state index in [4.69, 9.17) is 10.3 Å². The molecule has 0 amide bonds. The Bertz CT molecular complexity index is 1440. The van der Waals surface area contributed by atoms with Crippen molar-refractivity contribution in [3.8, 4) is 5.69 Å². The van der Waals surface area contributed by atoms with Crippen molar-refractivity contribution in [1.29, 1.82) is 0 Å². The molecule has 0 spiro atoms. The lowest BCUT2D eigenvalue weighted by molar-refractivity contribution is 0.436. The molecule has 1 fully saturated rings. The number of nitrogens with zero attached hydrogens (tertiary/aromatic N) is 3. The highest BCUT2D eigenvalue weighted by atomic mass is 19.1. The van der Waals surface area contributed by atoms with Crippen LogP contribution >= 0.6 is 0 Å². The summed E-state index contributed by atoms with van der Waals surface area (Å²) in [6.45, 7) is 0.805. The van der Waals surface area contributed by atoms with Crippen LogP contribution in [-0.2, 0) is 0 Å². The first kappa shape index (κ1) is 18.4. The molecule has 1 aliphatic heterocycles. The normalized spacial score (nSPS) is 16.8. The quantitative estimate of drug-likeness (QED) is 0.515. The van der Waals surface area contributed by atoms with Gasteiger partial charge in [-0.15, -0.1) is 0 Å². The average Bonchev–Trinajstić information content (AvgIpc) is 3.29. The minimum Gasteiger partial charge on any atom is -0.359 e. The highest BCUT2D eigenvalue weighted by Crippen LogP contribution is 2.28. The summed E-state index contributed by atoms with van der Waals surface area (Å²) in [6, 6.07) is 3.54. The van der Waals surface area contributed by atoms with Crippen molar-refractivity contribution >= 4 is 28.0 Å². The fourth-order valence-corrected chi connectivity index (χ4v) is 3.78. The van der Waals surface area contributed by atoms with E-state index in [1.165, 1.54) is 0 Å². The maximum absolute atomic E-state index is 14.8. The van der Waals surface area contributed by atoms with E-state index in [-0.39, 0.29) is 34.3 Å². The van der Waals surface area contributed by atoms with E-state index in [9.17, 15) is 22.8 Å². The monoisotopic (exact) mass is 417 g/mol. The van der Waals surface area contributed by atoms with E-state index >= 15 is 0 Å². The summed E-state index contributed by atoms with van der Waals surface area (Å²) in [7, 11) is 0. The van der Waals surface area contributed by atoms with Crippen LogP contribution in [0.15, 0.2) is 38.4 Å². The van der Waals surface area contributed by atoms with E-state index in [2.05, 4.69) is 4.98 Å². The highest BCUT2D eigenvalue weighted by molar-refractivity contribution is 5.91. The molecule has 11 heteroatoms. The number of pyridine rings is 2. The van der Waals surface area contributed by atoms with E-state index in [1.54, 1.807) is 4.90 Å². The molecule has 30 heavy (non-hydrogen) atoms. The van der Waals surface area contributed by atoms with Gasteiger partial charge in [0.1, 0.15) is 11.6 Å². The molecule has 5 rings (SSSR count). The third kappa shape index (κ3) is 2.62. The number of hydrogen-bond donors (Lipinski definition) is 2. The lowest BCUT2D eigenvalue weighted by Crippen LogP contribution is -2.28. The molecule has 1 aliphatic rings. The third-order valence-electron chi connectivity index (χ3n) is 5.18. The minimum atomic E-state index is -0.985. The van der Waals surface area contributed by atoms with E-state index < -0.39 is 33.8 Å². The first-order valence-corrected chi connectivity index (χ1v) is 9.07. The lowest BCUT2D eigenvalue weighted by Gasteiger charge is -2.19. The van der Waals surface area contributed by atoms with Gasteiger partial charge in [-0.3, -0.25) is 14.2 Å². The molecule has 4 aromatic rings. The molecule has 154 valence electrons. The average molecular weight is 417 g/mol. The molecule has 0 radical (unpaired) electrons. The van der Waals surface area contributed by atoms with Crippen molar-refractivity contribution in [2.24, 2.45) is 5.73 Å². The van der Waals surface area contributed by atoms with E-state index in [1.807, 2.05) is 5.16 Å². The number of aromatic amines is 1. The highest BCUT2D eigenvalue weighted by Gasteiger charge is 2.27. The smallest absolute Gasteiger partial charge is 0.293 e. The molecule has 1 saturated heterocycles. The van der Waals surface area contributed by atoms with Gasteiger partial charge in [-0.25, -0.2) is 18.2 Å². The zero-order valence-electron chi connectivity index (χ0n) is 15.3. The fraction of sp³-hybridized carbons (Fsp3) is 0.211. The molecule has 1 unspecified atom stereocenters. The Kier molecular flexibility index (Phi) is 3.97. The Morgan fingerprint density at radius 1 is 1.17 bits per heavy atom. The number of anilines is 1. The van der Waals surface area contributed by atoms with E-state index in [0.717, 1.165) is 22.8 Å². The number of rotatable bonds is 2. The summed E-state index contributed by atoms with van der Waals surface area (Å²) in [6.07, 6.45) is 0.629. The molecule has 0 aliphatic carbocycles. The zero-order valence-corrected chi connectivity index (χ0v) is 15.3. The molecule has 1 atom stereocenters. The van der Waals surface area contributed by atoms with Crippen molar-refractivity contribution in [2.75, 3.05) is 18.0 Å². The number of hydrogen-bond acceptors (Lipinski definition) is 6. The summed E-state index contributed by atoms with van der Waals surface area (Å²) in [5.74, 6) is -2.65. The summed E-state index contributed by atoms with van der Waals surface area (Å²) < 4.78 is 49.1. The van der Waals surface area contributed by atoms with Crippen molar-refractivity contribution in [3.05, 3.63) is 62.3 Å². The van der Waals surface area contributed by atoms with Crippen molar-refractivity contribution in [3.63, 3.8) is 0 Å². The van der Waals surface area contributed by atoms with Gasteiger partial charge in [0.25, 0.3) is 5.56 Å². The van der Waals surface area contributed by atoms with Crippen LogP contribution < -0.4 is 21.6 Å². The van der Waals surface area contributed by atoms with Gasteiger partial charge in [0.15, 0.2) is 22.7 Å². The largest absolute Gasteiger partial charge is 0.359 e. The summed E-state index contributed by atoms with van der Waals surface area (Å²) in [5.41, 5.74) is 3.54. The second-order valence-corrected chi connectivity index (χ2v) is 7.13. The van der Waals surface area contributed by atoms with Gasteiger partial charge in [0.05, 0.1) is 11.1 Å². The SMILES string of the molecule is NC1CCN(c2nc3c(cc2F)c(=O)c2c(=O)[nH]oc2n3-c2ccc(F)cc2F)C1. The van der Waals surface area contributed by atoms with Crippen LogP contribution in [0.25, 0.3) is 27.8 Å². The number of H-pyrrole nitrogens is 1. The maximum Gasteiger partial charge on any atom is 0.293 e. The first-order valence-electron chi connectivity index (χ1n) is 9.07. The molecular weight excluding hydrogens is 403 g/mol. The van der Waals surface area contributed by atoms with Crippen molar-refractivity contribution in [2.45, 2.75) is 12.5 Å². The molecule has 3 N–H and O–H groups in total. The molecule has 3 aromatic heterocycles. The van der Waals surface area contributed by atoms with Crippen LogP contribution in [0.3, 0.4) is 0 Å². The zero-order chi connectivity index (χ0) is 21.2. The Hall–Kier alpha value is -3.60. The Morgan fingerprint density at radius 3 is 2.67 bits per heavy atom. The maximum atomic E-state index is 14.8. The van der Waals surface area contributed by atoms with Crippen LogP contribution in [0.2, 0.25) is 0 Å². The summed E-state index contributed by atoms with van der Waals surface area (Å²) >= 11 is 0. The molecule has 0 bridgehead atoms. The Labute approximate surface area is 165 Å². The summed E-state index contributed by atoms with van der Waals surface area (Å²) in [4.78, 5) is 30.8. The second kappa shape index (κ2) is 6.46. The van der Waals surface area contributed by atoms with Gasteiger partial charge >= 0.3 is 0 Å². The number of nitrogens with one attached hydrogen (secondary N) is 1. The predicted octanol–water partition coefficient (Wildman–Crippen LogP) is 1.77. The minimum absolute atomic E-state index is 0.0663. The van der Waals surface area contributed by atoms with Crippen molar-refractivity contribution < 1.29 is 17.7 Å². The van der Waals surface area contributed by atoms with Gasteiger partial charge in [0.2, 0.25) is 11.1 Å². The van der Waals surface area contributed by atoms with Gasteiger partial charge in [-0.05, 0) is 24.6 Å². The first-order chi connectivity index (χ1) is 14.3. The number of benzene rings is 1. The molecule has 0 saturated carbocycles. The lowest BCUT2D eigenvalue weighted by atomic mass is 10.2. The van der Waals surface area contributed by atoms with Gasteiger partial charge < -0.3 is 15.2 Å². The Balaban J connectivity index is 1.93. The second-order valence-electron chi connectivity index (χ2n) is 7.13. The van der Waals surface area contributed by atoms with E-state index in [0.29, 0.717) is 25.6 Å². The Morgan fingerprint density at radius 2 is 1.97 bits per heavy atom. The predicted molar refractivity (Wildman–Crippen MR) is 102 cm³/mol. The van der Waals surface area contributed by atoms with Crippen molar-refractivity contribution in [1.82, 2.24) is 14.7 Å². The van der Waals surface area contributed by atoms with Crippen LogP contribution in [-0.4, -0.2) is 33.8 Å².